The number of nitrogens with zero attached hydrogens (tertiary/aromatic N) is 5. The highest BCUT2D eigenvalue weighted by molar-refractivity contribution is 6.31. The molecule has 1 aliphatic rings. The molecule has 5 rings (SSSR count). The van der Waals surface area contributed by atoms with Gasteiger partial charge in [-0.1, -0.05) is 48.4 Å². The molecular weight excluding hydrogens is 573 g/mol. The van der Waals surface area contributed by atoms with Crippen molar-refractivity contribution in [2.45, 2.75) is 51.2 Å². The predicted octanol–water partition coefficient (Wildman–Crippen LogP) is 5.66. The van der Waals surface area contributed by atoms with E-state index >= 15 is 0 Å². The van der Waals surface area contributed by atoms with Crippen molar-refractivity contribution in [2.75, 3.05) is 5.32 Å². The van der Waals surface area contributed by atoms with Crippen molar-refractivity contribution in [2.24, 2.45) is 5.92 Å². The molecule has 1 N–H and O–H groups in total. The molecule has 0 radical (unpaired) electrons. The van der Waals surface area contributed by atoms with E-state index in [4.69, 9.17) is 11.6 Å². The Hall–Kier alpha value is -4.32. The topological polar surface area (TPSA) is 112 Å². The zero-order chi connectivity index (χ0) is 30.0. The third kappa shape index (κ3) is 6.28. The summed E-state index contributed by atoms with van der Waals surface area (Å²) in [6, 6.07) is 12.1. The van der Waals surface area contributed by atoms with Crippen LogP contribution in [0.1, 0.15) is 49.9 Å². The largest absolute Gasteiger partial charge is 0.436 e. The van der Waals surface area contributed by atoms with E-state index in [9.17, 15) is 27.6 Å². The maximum atomic E-state index is 13.5. The molecule has 0 saturated carbocycles. The number of benzene rings is 2. The summed E-state index contributed by atoms with van der Waals surface area (Å²) in [6.07, 6.45) is -0.791. The quantitative estimate of drug-likeness (QED) is 0.325. The molecule has 0 unspecified atom stereocenters. The molecule has 2 aromatic carbocycles. The molecule has 9 nitrogen and oxygen atoms in total. The molecule has 4 aromatic rings. The average Bonchev–Trinajstić information content (AvgIpc) is 3.45. The first kappa shape index (κ1) is 29.2. The molecule has 0 aliphatic carbocycles. The van der Waals surface area contributed by atoms with E-state index < -0.39 is 23.5 Å². The number of halogens is 4. The highest BCUT2D eigenvalue weighted by Gasteiger charge is 2.35. The maximum absolute atomic E-state index is 13.5. The summed E-state index contributed by atoms with van der Waals surface area (Å²) in [4.78, 5) is 44.0. The number of rotatable bonds is 3. The number of amides is 1. The molecule has 2 aromatic heterocycles. The lowest BCUT2D eigenvalue weighted by Gasteiger charge is -2.22. The van der Waals surface area contributed by atoms with Crippen LogP contribution in [0, 0.1) is 5.92 Å². The third-order valence-electron chi connectivity index (χ3n) is 7.29. The van der Waals surface area contributed by atoms with Crippen molar-refractivity contribution in [3.05, 3.63) is 87.7 Å². The van der Waals surface area contributed by atoms with Crippen molar-refractivity contribution in [3.8, 4) is 16.9 Å². The number of carbonyl (C=O) groups excluding carboxylic acids is 2. The van der Waals surface area contributed by atoms with Gasteiger partial charge in [0.2, 0.25) is 5.91 Å². The van der Waals surface area contributed by atoms with Crippen LogP contribution < -0.4 is 10.9 Å². The number of carbonyl (C=O) groups is 2. The molecule has 1 amide bonds. The van der Waals surface area contributed by atoms with Crippen LogP contribution in [0.2, 0.25) is 5.02 Å². The van der Waals surface area contributed by atoms with Crippen molar-refractivity contribution < 1.29 is 22.8 Å². The van der Waals surface area contributed by atoms with E-state index in [1.54, 1.807) is 6.07 Å². The molecule has 0 fully saturated rings. The van der Waals surface area contributed by atoms with Gasteiger partial charge in [-0.05, 0) is 49.1 Å². The zero-order valence-electron chi connectivity index (χ0n) is 22.4. The van der Waals surface area contributed by atoms with Gasteiger partial charge >= 0.3 is 6.18 Å². The third-order valence-corrected chi connectivity index (χ3v) is 7.52. The number of alkyl halides is 3. The van der Waals surface area contributed by atoms with Crippen molar-refractivity contribution in [3.63, 3.8) is 0 Å². The Balaban J connectivity index is 1.48. The van der Waals surface area contributed by atoms with Crippen LogP contribution in [0.3, 0.4) is 0 Å². The van der Waals surface area contributed by atoms with E-state index in [2.05, 4.69) is 20.6 Å². The number of aryl methyl sites for hydroxylation is 1. The lowest BCUT2D eigenvalue weighted by Crippen LogP contribution is -2.31. The first-order valence-corrected chi connectivity index (χ1v) is 13.7. The second-order valence-corrected chi connectivity index (χ2v) is 10.6. The molecule has 13 heteroatoms. The molecule has 0 bridgehead atoms. The minimum absolute atomic E-state index is 0.110. The number of ketones is 1. The first-order valence-electron chi connectivity index (χ1n) is 13.3. The summed E-state index contributed by atoms with van der Waals surface area (Å²) in [5, 5.41) is 10.0. The highest BCUT2D eigenvalue weighted by atomic mass is 35.5. The molecule has 2 atom stereocenters. The summed E-state index contributed by atoms with van der Waals surface area (Å²) in [6.45, 7) is 1.82. The van der Waals surface area contributed by atoms with Crippen LogP contribution in [0.4, 0.5) is 18.9 Å². The summed E-state index contributed by atoms with van der Waals surface area (Å²) in [5.74, 6) is -0.561. The monoisotopic (exact) mass is 598 g/mol. The second-order valence-electron chi connectivity index (χ2n) is 10.2. The number of nitrogens with one attached hydrogen (secondary N) is 1. The Morgan fingerprint density at radius 1 is 1.02 bits per heavy atom. The Kier molecular flexibility index (Phi) is 8.26. The number of para-hydroxylation sites is 1. The Bertz CT molecular complexity index is 1700. The maximum Gasteiger partial charge on any atom is 0.436 e. The van der Waals surface area contributed by atoms with Gasteiger partial charge in [-0.3, -0.25) is 19.0 Å². The Morgan fingerprint density at radius 2 is 1.81 bits per heavy atom. The van der Waals surface area contributed by atoms with Gasteiger partial charge in [0, 0.05) is 34.7 Å². The van der Waals surface area contributed by atoms with E-state index in [1.807, 2.05) is 25.1 Å². The fourth-order valence-corrected chi connectivity index (χ4v) is 5.13. The number of anilines is 1. The molecular formula is C29H26ClF3N6O3. The molecule has 0 saturated heterocycles. The van der Waals surface area contributed by atoms with Crippen LogP contribution in [-0.4, -0.2) is 36.2 Å². The first-order chi connectivity index (χ1) is 20.0. The molecule has 218 valence electrons. The predicted molar refractivity (Wildman–Crippen MR) is 149 cm³/mol. The molecule has 3 heterocycles. The minimum atomic E-state index is -4.69. The standard InChI is InChI=1S/C29H26ClF3N6O3/c1-17-5-4-8-24(25(40)12-9-18-6-2-3-7-21(18)35-28(17)42)38-16-34-22(14-27(38)41)20-13-19(30)10-11-23(20)39-15-26(36-37-39)29(31,32)33/h2-3,6-7,10-11,13-17,24H,4-5,8-9,12H2,1H3,(H,35,42)/t17-,24+/m1/s1. The smallest absolute Gasteiger partial charge is 0.326 e. The Labute approximate surface area is 243 Å². The normalized spacial score (nSPS) is 18.5. The van der Waals surface area contributed by atoms with Crippen molar-refractivity contribution in [1.82, 2.24) is 24.5 Å². The second kappa shape index (κ2) is 11.9. The van der Waals surface area contributed by atoms with Crippen LogP contribution in [-0.2, 0) is 22.2 Å². The lowest BCUT2D eigenvalue weighted by atomic mass is 9.94. The van der Waals surface area contributed by atoms with E-state index in [1.165, 1.54) is 35.2 Å². The fourth-order valence-electron chi connectivity index (χ4n) is 4.96. The zero-order valence-corrected chi connectivity index (χ0v) is 23.2. The van der Waals surface area contributed by atoms with Crippen molar-refractivity contribution >= 4 is 29.0 Å². The summed E-state index contributed by atoms with van der Waals surface area (Å²) in [5.41, 5.74) is 0.361. The van der Waals surface area contributed by atoms with E-state index in [-0.39, 0.29) is 46.0 Å². The van der Waals surface area contributed by atoms with Gasteiger partial charge in [0.25, 0.3) is 5.56 Å². The summed E-state index contributed by atoms with van der Waals surface area (Å²) < 4.78 is 41.6. The van der Waals surface area contributed by atoms with Gasteiger partial charge in [-0.25, -0.2) is 9.67 Å². The lowest BCUT2D eigenvalue weighted by molar-refractivity contribution is -0.141. The number of hydrogen-bond acceptors (Lipinski definition) is 6. The Morgan fingerprint density at radius 3 is 2.55 bits per heavy atom. The average molecular weight is 599 g/mol. The van der Waals surface area contributed by atoms with E-state index in [0.29, 0.717) is 31.4 Å². The van der Waals surface area contributed by atoms with Gasteiger partial charge in [-0.15, -0.1) is 5.10 Å². The summed E-state index contributed by atoms with van der Waals surface area (Å²) in [7, 11) is 0. The van der Waals surface area contributed by atoms with Gasteiger partial charge in [0.1, 0.15) is 0 Å². The SMILES string of the molecule is C[C@@H]1CCC[C@H](n2cnc(-c3cc(Cl)ccc3-n3cc(C(F)(F)F)nn3)cc2=O)C(=O)CCc2ccccc2NC1=O. The molecule has 1 aliphatic heterocycles. The highest BCUT2D eigenvalue weighted by Crippen LogP contribution is 2.31. The number of hydrogen-bond donors (Lipinski definition) is 1. The number of aromatic nitrogens is 5. The van der Waals surface area contributed by atoms with Gasteiger partial charge in [-0.2, -0.15) is 13.2 Å². The minimum Gasteiger partial charge on any atom is -0.326 e. The van der Waals surface area contributed by atoms with Gasteiger partial charge in [0.05, 0.1) is 29.9 Å². The molecule has 0 spiro atoms. The summed E-state index contributed by atoms with van der Waals surface area (Å²) >= 11 is 6.18. The number of fused-ring (bicyclic) bond motifs is 1. The fraction of sp³-hybridized carbons (Fsp3) is 0.310. The van der Waals surface area contributed by atoms with Gasteiger partial charge in [0.15, 0.2) is 11.5 Å². The van der Waals surface area contributed by atoms with Crippen LogP contribution in [0.25, 0.3) is 16.9 Å². The molecule has 42 heavy (non-hydrogen) atoms. The van der Waals surface area contributed by atoms with Crippen LogP contribution in [0.15, 0.2) is 65.8 Å². The van der Waals surface area contributed by atoms with Crippen molar-refractivity contribution in [1.29, 1.82) is 0 Å². The van der Waals surface area contributed by atoms with Gasteiger partial charge < -0.3 is 5.32 Å². The van der Waals surface area contributed by atoms with Crippen LogP contribution in [0.5, 0.6) is 0 Å². The number of Topliss-reactive ketones (excluding diaryl/α,β-unsaturated/α-hetero) is 1. The van der Waals surface area contributed by atoms with E-state index in [0.717, 1.165) is 16.4 Å². The van der Waals surface area contributed by atoms with Crippen LogP contribution >= 0.6 is 11.6 Å².